The predicted molar refractivity (Wildman–Crippen MR) is 84.7 cm³/mol. The summed E-state index contributed by atoms with van der Waals surface area (Å²) in [7, 11) is 0. The van der Waals surface area contributed by atoms with Crippen molar-refractivity contribution < 1.29 is 8.78 Å². The Hall–Kier alpha value is -1.70. The summed E-state index contributed by atoms with van der Waals surface area (Å²) in [6.07, 6.45) is 12.2. The van der Waals surface area contributed by atoms with Crippen LogP contribution in [0.4, 0.5) is 8.78 Å². The Morgan fingerprint density at radius 3 is 2.50 bits per heavy atom. The Morgan fingerprint density at radius 1 is 1.30 bits per heavy atom. The van der Waals surface area contributed by atoms with Gasteiger partial charge in [-0.1, -0.05) is 57.7 Å². The molecule has 0 aromatic heterocycles. The number of allylic oxidation sites excluding steroid dienone is 11. The molecular formula is C18H24F2. The highest BCUT2D eigenvalue weighted by Crippen LogP contribution is 2.25. The first-order valence-corrected chi connectivity index (χ1v) is 6.96. The summed E-state index contributed by atoms with van der Waals surface area (Å²) in [5, 5.41) is 0. The molecule has 0 saturated carbocycles. The second-order valence-electron chi connectivity index (χ2n) is 4.18. The van der Waals surface area contributed by atoms with Crippen LogP contribution in [-0.2, 0) is 0 Å². The Labute approximate surface area is 121 Å². The van der Waals surface area contributed by atoms with Gasteiger partial charge in [-0.25, -0.2) is 8.78 Å². The summed E-state index contributed by atoms with van der Waals surface area (Å²) < 4.78 is 25.7. The van der Waals surface area contributed by atoms with Crippen LogP contribution in [0, 0.1) is 5.92 Å². The number of hydrogen-bond donors (Lipinski definition) is 0. The summed E-state index contributed by atoms with van der Waals surface area (Å²) in [5.41, 5.74) is 1.98. The molecule has 0 N–H and O–H groups in total. The smallest absolute Gasteiger partial charge is 0.116 e. The molecule has 110 valence electrons. The maximum Gasteiger partial charge on any atom is 0.116 e. The molecule has 0 saturated heterocycles. The standard InChI is InChI=1S/C16H18F2.C2H6/c1-4-14(9-8-12(2)17)13(3)15-6-5-7-16(18)11-10-15;1-2/h4-6,8-11,13H,2,7H2,1,3H3;1-2H3/b9-8-,14-4+;. The van der Waals surface area contributed by atoms with Gasteiger partial charge in [0.2, 0.25) is 0 Å². The van der Waals surface area contributed by atoms with Gasteiger partial charge < -0.3 is 0 Å². The van der Waals surface area contributed by atoms with E-state index in [9.17, 15) is 8.78 Å². The van der Waals surface area contributed by atoms with Crippen LogP contribution in [0.5, 0.6) is 0 Å². The lowest BCUT2D eigenvalue weighted by Gasteiger charge is -2.13. The molecule has 2 heteroatoms. The van der Waals surface area contributed by atoms with E-state index in [1.807, 2.05) is 39.8 Å². The third kappa shape index (κ3) is 6.46. The second-order valence-corrected chi connectivity index (χ2v) is 4.18. The largest absolute Gasteiger partial charge is 0.211 e. The van der Waals surface area contributed by atoms with Crippen LogP contribution >= 0.6 is 0 Å². The second kappa shape index (κ2) is 10.1. The molecule has 1 aliphatic carbocycles. The molecule has 1 unspecified atom stereocenters. The molecule has 0 radical (unpaired) electrons. The minimum atomic E-state index is -0.474. The third-order valence-electron chi connectivity index (χ3n) is 2.87. The van der Waals surface area contributed by atoms with E-state index in [4.69, 9.17) is 0 Å². The third-order valence-corrected chi connectivity index (χ3v) is 2.87. The SMILES string of the molecule is C=C(F)/C=C\C(=C/C)C(C)C1=CC=C(F)CC=C1.CC. The molecule has 0 aromatic carbocycles. The fourth-order valence-electron chi connectivity index (χ4n) is 1.78. The Morgan fingerprint density at radius 2 is 1.95 bits per heavy atom. The molecule has 1 atom stereocenters. The zero-order valence-corrected chi connectivity index (χ0v) is 12.8. The lowest BCUT2D eigenvalue weighted by Crippen LogP contribution is -1.99. The Balaban J connectivity index is 0.00000172. The highest BCUT2D eigenvalue weighted by Gasteiger charge is 2.10. The van der Waals surface area contributed by atoms with E-state index in [1.165, 1.54) is 12.2 Å². The highest BCUT2D eigenvalue weighted by atomic mass is 19.1. The van der Waals surface area contributed by atoms with E-state index < -0.39 is 5.83 Å². The molecule has 0 nitrogen and oxygen atoms in total. The van der Waals surface area contributed by atoms with Gasteiger partial charge in [0.25, 0.3) is 0 Å². The van der Waals surface area contributed by atoms with Gasteiger partial charge in [-0.3, -0.25) is 0 Å². The molecule has 0 amide bonds. The molecule has 0 bridgehead atoms. The van der Waals surface area contributed by atoms with Crippen molar-refractivity contribution in [1.82, 2.24) is 0 Å². The maximum absolute atomic E-state index is 13.1. The van der Waals surface area contributed by atoms with Gasteiger partial charge in [-0.15, -0.1) is 0 Å². The van der Waals surface area contributed by atoms with Crippen molar-refractivity contribution in [3.05, 3.63) is 71.9 Å². The Bertz CT molecular complexity index is 460. The van der Waals surface area contributed by atoms with Crippen molar-refractivity contribution >= 4 is 0 Å². The molecular weight excluding hydrogens is 254 g/mol. The van der Waals surface area contributed by atoms with Crippen molar-refractivity contribution in [2.45, 2.75) is 34.1 Å². The number of halogens is 2. The van der Waals surface area contributed by atoms with Crippen LogP contribution in [0.25, 0.3) is 0 Å². The molecule has 0 aliphatic heterocycles. The topological polar surface area (TPSA) is 0 Å². The molecule has 0 fully saturated rings. The summed E-state index contributed by atoms with van der Waals surface area (Å²) >= 11 is 0. The Kier molecular flexibility index (Phi) is 9.27. The fourth-order valence-corrected chi connectivity index (χ4v) is 1.78. The number of rotatable bonds is 4. The summed E-state index contributed by atoms with van der Waals surface area (Å²) in [6.45, 7) is 11.1. The van der Waals surface area contributed by atoms with Crippen molar-refractivity contribution in [3.8, 4) is 0 Å². The van der Waals surface area contributed by atoms with Crippen molar-refractivity contribution in [2.24, 2.45) is 5.92 Å². The van der Waals surface area contributed by atoms with Gasteiger partial charge in [0.1, 0.15) is 11.7 Å². The normalized spacial score (nSPS) is 16.8. The van der Waals surface area contributed by atoms with Crippen molar-refractivity contribution in [1.29, 1.82) is 0 Å². The first kappa shape index (κ1) is 18.3. The number of hydrogen-bond acceptors (Lipinski definition) is 0. The monoisotopic (exact) mass is 278 g/mol. The summed E-state index contributed by atoms with van der Waals surface area (Å²) in [6, 6.07) is 0. The van der Waals surface area contributed by atoms with Gasteiger partial charge in [-0.05, 0) is 30.2 Å². The van der Waals surface area contributed by atoms with Gasteiger partial charge in [0.15, 0.2) is 0 Å². The van der Waals surface area contributed by atoms with E-state index in [-0.39, 0.29) is 11.7 Å². The van der Waals surface area contributed by atoms with E-state index in [2.05, 4.69) is 6.58 Å². The van der Waals surface area contributed by atoms with Gasteiger partial charge in [0.05, 0.1) is 0 Å². The summed E-state index contributed by atoms with van der Waals surface area (Å²) in [5.74, 6) is -0.537. The van der Waals surface area contributed by atoms with Gasteiger partial charge >= 0.3 is 0 Å². The van der Waals surface area contributed by atoms with Crippen LogP contribution in [0.2, 0.25) is 0 Å². The van der Waals surface area contributed by atoms with Crippen LogP contribution in [0.1, 0.15) is 34.1 Å². The van der Waals surface area contributed by atoms with Crippen LogP contribution in [-0.4, -0.2) is 0 Å². The van der Waals surface area contributed by atoms with E-state index >= 15 is 0 Å². The molecule has 0 heterocycles. The quantitative estimate of drug-likeness (QED) is 0.524. The molecule has 1 rings (SSSR count). The van der Waals surface area contributed by atoms with Gasteiger partial charge in [0, 0.05) is 12.3 Å². The van der Waals surface area contributed by atoms with Crippen LogP contribution in [0.15, 0.2) is 71.9 Å². The van der Waals surface area contributed by atoms with Crippen molar-refractivity contribution in [2.75, 3.05) is 0 Å². The minimum absolute atomic E-state index is 0.0870. The maximum atomic E-state index is 13.1. The average molecular weight is 278 g/mol. The predicted octanol–water partition coefficient (Wildman–Crippen LogP) is 6.37. The van der Waals surface area contributed by atoms with Gasteiger partial charge in [-0.2, -0.15) is 0 Å². The van der Waals surface area contributed by atoms with Crippen LogP contribution in [0.3, 0.4) is 0 Å². The zero-order valence-electron chi connectivity index (χ0n) is 12.8. The first-order valence-electron chi connectivity index (χ1n) is 6.96. The first-order chi connectivity index (χ1) is 9.54. The average Bonchev–Trinajstić information content (AvgIpc) is 2.66. The lowest BCUT2D eigenvalue weighted by molar-refractivity contribution is 0.618. The molecule has 0 spiro atoms. The molecule has 0 aromatic rings. The van der Waals surface area contributed by atoms with Crippen molar-refractivity contribution in [3.63, 3.8) is 0 Å². The molecule has 20 heavy (non-hydrogen) atoms. The van der Waals surface area contributed by atoms with Crippen LogP contribution < -0.4 is 0 Å². The highest BCUT2D eigenvalue weighted by molar-refractivity contribution is 5.39. The fraction of sp³-hybridized carbons (Fsp3) is 0.333. The van der Waals surface area contributed by atoms with E-state index in [1.54, 1.807) is 18.2 Å². The molecule has 1 aliphatic rings. The summed E-state index contributed by atoms with van der Waals surface area (Å²) in [4.78, 5) is 0. The van der Waals surface area contributed by atoms with E-state index in [0.29, 0.717) is 6.42 Å². The lowest BCUT2D eigenvalue weighted by atomic mass is 9.91. The minimum Gasteiger partial charge on any atom is -0.211 e. The zero-order chi connectivity index (χ0) is 15.5. The van der Waals surface area contributed by atoms with E-state index in [0.717, 1.165) is 11.1 Å².